The number of nitrogens with one attached hydrogen (secondary N) is 2. The van der Waals surface area contributed by atoms with Gasteiger partial charge in [-0.1, -0.05) is 11.6 Å². The van der Waals surface area contributed by atoms with E-state index >= 15 is 0 Å². The smallest absolute Gasteiger partial charge is 0.262 e. The van der Waals surface area contributed by atoms with Gasteiger partial charge in [0.2, 0.25) is 11.8 Å². The molecule has 1 saturated carbocycles. The molecular weight excluding hydrogens is 718 g/mol. The molecule has 12 nitrogen and oxygen atoms in total. The summed E-state index contributed by atoms with van der Waals surface area (Å²) >= 11 is 6.27. The number of benzene rings is 3. The second-order valence-electron chi connectivity index (χ2n) is 15.6. The summed E-state index contributed by atoms with van der Waals surface area (Å²) in [5.41, 5.74) is 6.00. The highest BCUT2D eigenvalue weighted by Gasteiger charge is 2.45. The third-order valence-electron chi connectivity index (χ3n) is 12.2. The van der Waals surface area contributed by atoms with E-state index in [2.05, 4.69) is 38.5 Å². The van der Waals surface area contributed by atoms with Crippen molar-refractivity contribution in [3.63, 3.8) is 0 Å². The van der Waals surface area contributed by atoms with Crippen LogP contribution in [-0.4, -0.2) is 84.1 Å². The van der Waals surface area contributed by atoms with Crippen molar-refractivity contribution in [1.82, 2.24) is 20.4 Å². The molecule has 4 aliphatic heterocycles. The summed E-state index contributed by atoms with van der Waals surface area (Å²) in [4.78, 5) is 71.8. The number of imide groups is 2. The molecule has 3 fully saturated rings. The number of hydrogen-bond donors (Lipinski definition) is 2. The van der Waals surface area contributed by atoms with Gasteiger partial charge >= 0.3 is 0 Å². The van der Waals surface area contributed by atoms with Crippen LogP contribution in [0.4, 0.5) is 11.4 Å². The molecule has 55 heavy (non-hydrogen) atoms. The minimum Gasteiger partial charge on any atom is -0.372 e. The maximum atomic E-state index is 13.3. The monoisotopic (exact) mass is 761 g/mol. The Morgan fingerprint density at radius 1 is 0.891 bits per heavy atom. The molecule has 5 amide bonds. The number of piperidine rings is 2. The summed E-state index contributed by atoms with van der Waals surface area (Å²) in [7, 11) is 2.06. The van der Waals surface area contributed by atoms with E-state index in [1.165, 1.54) is 0 Å². The summed E-state index contributed by atoms with van der Waals surface area (Å²) in [6.07, 6.45) is 6.03. The highest BCUT2D eigenvalue weighted by Crippen LogP contribution is 2.35. The van der Waals surface area contributed by atoms with Crippen LogP contribution in [0.3, 0.4) is 0 Å². The van der Waals surface area contributed by atoms with Crippen molar-refractivity contribution in [2.45, 2.75) is 82.6 Å². The number of carbonyl (C=O) groups excluding carboxylic acids is 5. The van der Waals surface area contributed by atoms with Crippen LogP contribution in [0.1, 0.15) is 99.1 Å². The van der Waals surface area contributed by atoms with Gasteiger partial charge in [0, 0.05) is 75.2 Å². The molecule has 284 valence electrons. The Labute approximate surface area is 325 Å². The standard InChI is InChI=1S/C42H44ClN7O5/c1-47(33-9-4-27(21-44)36(43)20-33)31-10-5-30(6-11-31)45-39(52)26-2-7-32(8-3-26)49-16-14-25(15-17-49)22-48-23-28-18-34-35(19-29(28)24-48)42(55)50(41(34)54)37-12-13-38(51)46-40(37)53/h2-4,7-9,18-20,25,30-31,37H,5-6,10-17,22-24H2,1H3,(H,45,52)(H,46,51,53)/t30-,31-,37?. The maximum absolute atomic E-state index is 13.3. The van der Waals surface area contributed by atoms with E-state index in [0.717, 1.165) is 85.6 Å². The van der Waals surface area contributed by atoms with Crippen LogP contribution in [0, 0.1) is 17.2 Å². The predicted molar refractivity (Wildman–Crippen MR) is 207 cm³/mol. The molecule has 3 aromatic carbocycles. The summed E-state index contributed by atoms with van der Waals surface area (Å²) in [5.74, 6) is -1.44. The fourth-order valence-corrected chi connectivity index (χ4v) is 9.25. The van der Waals surface area contributed by atoms with Gasteiger partial charge < -0.3 is 15.1 Å². The van der Waals surface area contributed by atoms with E-state index in [-0.39, 0.29) is 30.7 Å². The van der Waals surface area contributed by atoms with E-state index in [9.17, 15) is 29.2 Å². The van der Waals surface area contributed by atoms with Crippen LogP contribution in [-0.2, 0) is 22.7 Å². The van der Waals surface area contributed by atoms with Gasteiger partial charge in [-0.25, -0.2) is 0 Å². The SMILES string of the molecule is CN(c1ccc(C#N)c(Cl)c1)[C@H]1CC[C@H](NC(=O)c2ccc(N3CCC(CN4Cc5cc6c(cc5C4)C(=O)N(C4CCC(=O)NC4=O)C6=O)CC3)cc2)CC1. The number of rotatable bonds is 8. The van der Waals surface area contributed by atoms with Gasteiger partial charge in [0.1, 0.15) is 12.1 Å². The highest BCUT2D eigenvalue weighted by atomic mass is 35.5. The fourth-order valence-electron chi connectivity index (χ4n) is 9.03. The van der Waals surface area contributed by atoms with Crippen LogP contribution >= 0.6 is 11.6 Å². The number of fused-ring (bicyclic) bond motifs is 2. The Morgan fingerprint density at radius 3 is 2.15 bits per heavy atom. The molecule has 2 N–H and O–H groups in total. The molecule has 0 spiro atoms. The summed E-state index contributed by atoms with van der Waals surface area (Å²) in [5, 5.41) is 15.1. The Bertz CT molecular complexity index is 2050. The summed E-state index contributed by atoms with van der Waals surface area (Å²) < 4.78 is 0. The highest BCUT2D eigenvalue weighted by molar-refractivity contribution is 6.32. The van der Waals surface area contributed by atoms with Gasteiger partial charge in [0.05, 0.1) is 21.7 Å². The third-order valence-corrected chi connectivity index (χ3v) is 12.5. The molecule has 4 heterocycles. The number of carbonyl (C=O) groups is 5. The number of halogens is 1. The average Bonchev–Trinajstić information content (AvgIpc) is 3.69. The van der Waals surface area contributed by atoms with E-state index in [4.69, 9.17) is 11.6 Å². The molecule has 5 aliphatic rings. The molecule has 2 saturated heterocycles. The Hall–Kier alpha value is -5.25. The largest absolute Gasteiger partial charge is 0.372 e. The van der Waals surface area contributed by atoms with Gasteiger partial charge in [0.15, 0.2) is 0 Å². The molecule has 0 aromatic heterocycles. The molecule has 0 bridgehead atoms. The lowest BCUT2D eigenvalue weighted by Gasteiger charge is -2.36. The van der Waals surface area contributed by atoms with Crippen molar-refractivity contribution in [2.75, 3.05) is 36.5 Å². The maximum Gasteiger partial charge on any atom is 0.262 e. The lowest BCUT2D eigenvalue weighted by atomic mass is 9.90. The first-order valence-electron chi connectivity index (χ1n) is 19.2. The molecule has 8 rings (SSSR count). The number of nitriles is 1. The zero-order chi connectivity index (χ0) is 38.4. The van der Waals surface area contributed by atoms with Crippen LogP contribution < -0.4 is 20.4 Å². The van der Waals surface area contributed by atoms with E-state index in [1.54, 1.807) is 6.07 Å². The molecule has 0 radical (unpaired) electrons. The first-order valence-corrected chi connectivity index (χ1v) is 19.6. The number of amides is 5. The fraction of sp³-hybridized carbons (Fsp3) is 0.429. The first kappa shape index (κ1) is 36.7. The van der Waals surface area contributed by atoms with Crippen molar-refractivity contribution in [2.24, 2.45) is 5.92 Å². The van der Waals surface area contributed by atoms with E-state index in [0.29, 0.717) is 52.3 Å². The Morgan fingerprint density at radius 2 is 1.55 bits per heavy atom. The Balaban J connectivity index is 0.784. The van der Waals surface area contributed by atoms with Gasteiger partial charge in [-0.05, 0) is 117 Å². The Kier molecular flexibility index (Phi) is 10.1. The normalized spacial score (nSPS) is 23.0. The predicted octanol–water partition coefficient (Wildman–Crippen LogP) is 5.02. The third kappa shape index (κ3) is 7.31. The average molecular weight is 762 g/mol. The molecular formula is C42H44ClN7O5. The van der Waals surface area contributed by atoms with Crippen LogP contribution in [0.25, 0.3) is 0 Å². The van der Waals surface area contributed by atoms with Crippen molar-refractivity contribution < 1.29 is 24.0 Å². The van der Waals surface area contributed by atoms with Crippen molar-refractivity contribution in [3.8, 4) is 6.07 Å². The van der Waals surface area contributed by atoms with E-state index in [1.807, 2.05) is 48.5 Å². The first-order chi connectivity index (χ1) is 26.6. The van der Waals surface area contributed by atoms with Gasteiger partial charge in [-0.2, -0.15) is 5.26 Å². The summed E-state index contributed by atoms with van der Waals surface area (Å²) in [6.45, 7) is 4.20. The number of nitrogens with zero attached hydrogens (tertiary/aromatic N) is 5. The van der Waals surface area contributed by atoms with Crippen molar-refractivity contribution in [3.05, 3.63) is 93.0 Å². The van der Waals surface area contributed by atoms with Crippen LogP contribution in [0.5, 0.6) is 0 Å². The minimum absolute atomic E-state index is 0.0434. The van der Waals surface area contributed by atoms with Crippen molar-refractivity contribution >= 4 is 52.5 Å². The van der Waals surface area contributed by atoms with Gasteiger partial charge in [-0.15, -0.1) is 0 Å². The zero-order valence-corrected chi connectivity index (χ0v) is 31.6. The lowest BCUT2D eigenvalue weighted by molar-refractivity contribution is -0.136. The molecule has 1 unspecified atom stereocenters. The van der Waals surface area contributed by atoms with E-state index < -0.39 is 23.8 Å². The number of anilines is 2. The van der Waals surface area contributed by atoms with Crippen LogP contribution in [0.2, 0.25) is 5.02 Å². The topological polar surface area (TPSA) is 146 Å². The van der Waals surface area contributed by atoms with Gasteiger partial charge in [-0.3, -0.25) is 39.1 Å². The number of hydrogen-bond acceptors (Lipinski definition) is 9. The zero-order valence-electron chi connectivity index (χ0n) is 30.9. The van der Waals surface area contributed by atoms with Crippen LogP contribution in [0.15, 0.2) is 54.6 Å². The van der Waals surface area contributed by atoms with Gasteiger partial charge in [0.25, 0.3) is 17.7 Å². The second kappa shape index (κ2) is 15.1. The minimum atomic E-state index is -0.960. The van der Waals surface area contributed by atoms with Crippen molar-refractivity contribution in [1.29, 1.82) is 5.26 Å². The molecule has 3 aromatic rings. The summed E-state index contributed by atoms with van der Waals surface area (Å²) in [6, 6.07) is 18.7. The lowest BCUT2D eigenvalue weighted by Crippen LogP contribution is -2.54. The molecule has 13 heteroatoms. The quantitative estimate of drug-likeness (QED) is 0.302. The molecule has 1 atom stereocenters. The second-order valence-corrected chi connectivity index (χ2v) is 16.0. The molecule has 1 aliphatic carbocycles.